The van der Waals surface area contributed by atoms with E-state index in [0.29, 0.717) is 6.54 Å². The molecule has 1 amide bonds. The molecule has 0 saturated carbocycles. The molecule has 9 heteroatoms. The van der Waals surface area contributed by atoms with Crippen molar-refractivity contribution in [2.75, 3.05) is 18.8 Å². The summed E-state index contributed by atoms with van der Waals surface area (Å²) in [6, 6.07) is 22.2. The zero-order valence-electron chi connectivity index (χ0n) is 19.0. The average Bonchev–Trinajstić information content (AvgIpc) is 3.41. The third-order valence-electron chi connectivity index (χ3n) is 6.64. The first kappa shape index (κ1) is 23.7. The number of hydrogen-bond acceptors (Lipinski definition) is 6. The Balaban J connectivity index is 1.40. The summed E-state index contributed by atoms with van der Waals surface area (Å²) in [6.45, 7) is 2.27. The molecule has 2 aliphatic heterocycles. The lowest BCUT2D eigenvalue weighted by Gasteiger charge is -2.19. The van der Waals surface area contributed by atoms with Gasteiger partial charge in [0, 0.05) is 36.8 Å². The van der Waals surface area contributed by atoms with Crippen LogP contribution < -0.4 is 5.32 Å². The lowest BCUT2D eigenvalue weighted by molar-refractivity contribution is 0.0936. The molecule has 0 bridgehead atoms. The molecule has 1 N–H and O–H groups in total. The largest absolute Gasteiger partial charge is 0.348 e. The maximum atomic E-state index is 13.4. The third kappa shape index (κ3) is 4.63. The van der Waals surface area contributed by atoms with Crippen LogP contribution in [0.3, 0.4) is 0 Å². The van der Waals surface area contributed by atoms with Gasteiger partial charge in [-0.1, -0.05) is 54.6 Å². The summed E-state index contributed by atoms with van der Waals surface area (Å²) in [6.07, 6.45) is 0.762. The Labute approximate surface area is 205 Å². The monoisotopic (exact) mass is 510 g/mol. The predicted molar refractivity (Wildman–Crippen MR) is 132 cm³/mol. The van der Waals surface area contributed by atoms with Crippen LogP contribution in [0.1, 0.15) is 33.2 Å². The number of benzene rings is 3. The quantitative estimate of drug-likeness (QED) is 0.547. The molecule has 2 heterocycles. The summed E-state index contributed by atoms with van der Waals surface area (Å²) in [4.78, 5) is 15.5. The Morgan fingerprint density at radius 1 is 0.943 bits per heavy atom. The molecule has 0 radical (unpaired) electrons. The molecule has 1 saturated heterocycles. The van der Waals surface area contributed by atoms with Gasteiger partial charge in [0.25, 0.3) is 5.91 Å². The maximum absolute atomic E-state index is 13.4. The second kappa shape index (κ2) is 9.22. The highest BCUT2D eigenvalue weighted by molar-refractivity contribution is 7.96. The summed E-state index contributed by atoms with van der Waals surface area (Å²) >= 11 is 0. The highest BCUT2D eigenvalue weighted by atomic mass is 32.2. The Morgan fingerprint density at radius 2 is 1.63 bits per heavy atom. The zero-order chi connectivity index (χ0) is 24.6. The number of rotatable bonds is 6. The van der Waals surface area contributed by atoms with Crippen LogP contribution >= 0.6 is 0 Å². The van der Waals surface area contributed by atoms with Crippen LogP contribution in [-0.2, 0) is 26.2 Å². The van der Waals surface area contributed by atoms with Crippen molar-refractivity contribution in [1.29, 1.82) is 0 Å². The molecular weight excluding hydrogens is 484 g/mol. The number of carbonyl (C=O) groups excluding carboxylic acids is 1. The topological polar surface area (TPSA) is 101 Å². The van der Waals surface area contributed by atoms with E-state index < -0.39 is 36.6 Å². The van der Waals surface area contributed by atoms with Crippen molar-refractivity contribution in [3.05, 3.63) is 95.6 Å². The summed E-state index contributed by atoms with van der Waals surface area (Å²) < 4.78 is 52.6. The van der Waals surface area contributed by atoms with Crippen molar-refractivity contribution in [2.45, 2.75) is 34.0 Å². The van der Waals surface area contributed by atoms with E-state index in [4.69, 9.17) is 0 Å². The minimum absolute atomic E-state index is 0.0376. The molecule has 1 fully saturated rings. The minimum atomic E-state index is -4.02. The van der Waals surface area contributed by atoms with E-state index in [0.717, 1.165) is 19.5 Å². The van der Waals surface area contributed by atoms with Crippen molar-refractivity contribution >= 4 is 25.6 Å². The first-order valence-corrected chi connectivity index (χ1v) is 14.7. The number of nitrogens with one attached hydrogen (secondary N) is 1. The van der Waals surface area contributed by atoms with Crippen molar-refractivity contribution in [3.8, 4) is 0 Å². The van der Waals surface area contributed by atoms with Gasteiger partial charge < -0.3 is 5.32 Å². The second-order valence-corrected chi connectivity index (χ2v) is 13.2. The maximum Gasteiger partial charge on any atom is 0.251 e. The van der Waals surface area contributed by atoms with Gasteiger partial charge in [0.1, 0.15) is 5.25 Å². The number of amides is 1. The number of fused-ring (bicyclic) bond motifs is 1. The van der Waals surface area contributed by atoms with Crippen molar-refractivity contribution in [2.24, 2.45) is 0 Å². The molecule has 182 valence electrons. The van der Waals surface area contributed by atoms with Gasteiger partial charge in [0.15, 0.2) is 19.7 Å². The molecule has 0 aliphatic carbocycles. The van der Waals surface area contributed by atoms with Gasteiger partial charge in [-0.05, 0) is 36.2 Å². The molecule has 2 unspecified atom stereocenters. The number of carbonyl (C=O) groups is 1. The van der Waals surface area contributed by atoms with Gasteiger partial charge in [-0.25, -0.2) is 16.8 Å². The number of hydrogen-bond donors (Lipinski definition) is 1. The number of sulfone groups is 2. The summed E-state index contributed by atoms with van der Waals surface area (Å²) in [5.74, 6) is -1.02. The molecule has 2 aliphatic rings. The van der Waals surface area contributed by atoms with Gasteiger partial charge >= 0.3 is 0 Å². The highest BCUT2D eigenvalue weighted by Crippen LogP contribution is 2.43. The van der Waals surface area contributed by atoms with Crippen molar-refractivity contribution in [3.63, 3.8) is 0 Å². The molecule has 35 heavy (non-hydrogen) atoms. The molecule has 0 aromatic heterocycles. The Hall–Kier alpha value is -3.01. The van der Waals surface area contributed by atoms with E-state index in [1.807, 2.05) is 18.2 Å². The molecule has 7 nitrogen and oxygen atoms in total. The normalized spacial score (nSPS) is 21.5. The van der Waals surface area contributed by atoms with E-state index in [1.54, 1.807) is 18.2 Å². The second-order valence-electron chi connectivity index (χ2n) is 9.03. The van der Waals surface area contributed by atoms with Crippen LogP contribution in [0.5, 0.6) is 0 Å². The summed E-state index contributed by atoms with van der Waals surface area (Å²) in [5.41, 5.74) is 1.38. The van der Waals surface area contributed by atoms with Gasteiger partial charge in [-0.2, -0.15) is 0 Å². The van der Waals surface area contributed by atoms with Crippen LogP contribution in [0.4, 0.5) is 0 Å². The van der Waals surface area contributed by atoms with E-state index in [9.17, 15) is 21.6 Å². The molecule has 0 spiro atoms. The van der Waals surface area contributed by atoms with Crippen LogP contribution in [0.2, 0.25) is 0 Å². The van der Waals surface area contributed by atoms with E-state index >= 15 is 0 Å². The van der Waals surface area contributed by atoms with Crippen LogP contribution in [0.15, 0.2) is 88.7 Å². The van der Waals surface area contributed by atoms with E-state index in [1.165, 1.54) is 35.9 Å². The molecule has 3 aromatic carbocycles. The first-order valence-electron chi connectivity index (χ1n) is 11.5. The SMILES string of the molecule is O=C(NC1CCN(Cc2ccccc2)C1)c1cccc2c1C(S(=O)(=O)c1ccccc1)CS2(=O)=O. The fourth-order valence-electron chi connectivity index (χ4n) is 4.94. The Morgan fingerprint density at radius 3 is 2.34 bits per heavy atom. The molecular formula is C26H26N2O5S2. The fourth-order valence-corrected chi connectivity index (χ4v) is 9.31. The van der Waals surface area contributed by atoms with Gasteiger partial charge in [0.05, 0.1) is 15.5 Å². The summed E-state index contributed by atoms with van der Waals surface area (Å²) in [5, 5.41) is 1.68. The average molecular weight is 511 g/mol. The van der Waals surface area contributed by atoms with Crippen molar-refractivity contribution < 1.29 is 21.6 Å². The van der Waals surface area contributed by atoms with Crippen molar-refractivity contribution in [1.82, 2.24) is 10.2 Å². The lowest BCUT2D eigenvalue weighted by atomic mass is 10.0. The smallest absolute Gasteiger partial charge is 0.251 e. The van der Waals surface area contributed by atoms with Gasteiger partial charge in [-0.3, -0.25) is 9.69 Å². The molecule has 5 rings (SSSR count). The van der Waals surface area contributed by atoms with Crippen LogP contribution in [-0.4, -0.2) is 52.5 Å². The third-order valence-corrected chi connectivity index (χ3v) is 10.7. The standard InChI is InChI=1S/C26H26N2O5S2/c29-26(27-20-14-15-28(17-20)16-19-8-3-1-4-9-19)22-12-7-13-23-25(22)24(18-34(23,30)31)35(32,33)21-10-5-2-6-11-21/h1-13,20,24H,14-18H2,(H,27,29). The summed E-state index contributed by atoms with van der Waals surface area (Å²) in [7, 11) is -7.86. The first-order chi connectivity index (χ1) is 16.8. The van der Waals surface area contributed by atoms with Gasteiger partial charge in [-0.15, -0.1) is 0 Å². The molecule has 3 aromatic rings. The van der Waals surface area contributed by atoms with E-state index in [-0.39, 0.29) is 27.0 Å². The molecule has 2 atom stereocenters. The minimum Gasteiger partial charge on any atom is -0.348 e. The van der Waals surface area contributed by atoms with Crippen LogP contribution in [0.25, 0.3) is 0 Å². The van der Waals surface area contributed by atoms with Crippen LogP contribution in [0, 0.1) is 0 Å². The van der Waals surface area contributed by atoms with Gasteiger partial charge in [0.2, 0.25) is 0 Å². The number of likely N-dealkylation sites (tertiary alicyclic amines) is 1. The lowest BCUT2D eigenvalue weighted by Crippen LogP contribution is -2.37. The Kier molecular flexibility index (Phi) is 6.25. The number of nitrogens with zero attached hydrogens (tertiary/aromatic N) is 1. The highest BCUT2D eigenvalue weighted by Gasteiger charge is 2.45. The van der Waals surface area contributed by atoms with E-state index in [2.05, 4.69) is 22.3 Å². The predicted octanol–water partition coefficient (Wildman–Crippen LogP) is 2.99. The fraction of sp³-hybridized carbons (Fsp3) is 0.269. The zero-order valence-corrected chi connectivity index (χ0v) is 20.6. The Bertz CT molecular complexity index is 1460.